The van der Waals surface area contributed by atoms with Crippen LogP contribution in [0.2, 0.25) is 5.02 Å². The molecule has 0 aromatic heterocycles. The molecule has 1 heterocycles. The molecule has 0 radical (unpaired) electrons. The molecule has 0 bridgehead atoms. The molecule has 0 spiro atoms. The van der Waals surface area contributed by atoms with E-state index < -0.39 is 22.0 Å². The summed E-state index contributed by atoms with van der Waals surface area (Å²) in [5.74, 6) is -0.753. The number of sulfonamides is 1. The van der Waals surface area contributed by atoms with Gasteiger partial charge in [-0.2, -0.15) is 0 Å². The molecule has 0 unspecified atom stereocenters. The van der Waals surface area contributed by atoms with Gasteiger partial charge in [0.15, 0.2) is 0 Å². The number of aliphatic hydroxyl groups is 1. The maximum absolute atomic E-state index is 12.1. The fourth-order valence-corrected chi connectivity index (χ4v) is 3.72. The minimum Gasteiger partial charge on any atom is -0.392 e. The zero-order chi connectivity index (χ0) is 17.7. The van der Waals surface area contributed by atoms with Gasteiger partial charge < -0.3 is 15.3 Å². The predicted octanol–water partition coefficient (Wildman–Crippen LogP) is 0.0471. The van der Waals surface area contributed by atoms with E-state index in [0.29, 0.717) is 18.0 Å². The van der Waals surface area contributed by atoms with Crippen LogP contribution in [0.1, 0.15) is 6.42 Å². The van der Waals surface area contributed by atoms with Crippen LogP contribution in [0, 0.1) is 5.92 Å². The molecular formula is C15H22ClN3O4S. The molecule has 2 rings (SSSR count). The Kier molecular flexibility index (Phi) is 6.59. The van der Waals surface area contributed by atoms with Crippen LogP contribution in [0.25, 0.3) is 0 Å². The van der Waals surface area contributed by atoms with Crippen LogP contribution in [0.4, 0.5) is 0 Å². The van der Waals surface area contributed by atoms with E-state index in [1.54, 1.807) is 0 Å². The lowest BCUT2D eigenvalue weighted by Crippen LogP contribution is -2.49. The third-order valence-corrected chi connectivity index (χ3v) is 5.69. The zero-order valence-corrected chi connectivity index (χ0v) is 15.0. The van der Waals surface area contributed by atoms with Gasteiger partial charge in [0, 0.05) is 31.2 Å². The number of nitrogens with zero attached hydrogens (tertiary/aromatic N) is 1. The number of carbonyl (C=O) groups excluding carboxylic acids is 1. The van der Waals surface area contributed by atoms with Gasteiger partial charge in [0.25, 0.3) is 0 Å². The molecule has 1 aliphatic heterocycles. The molecule has 0 aliphatic carbocycles. The number of amides is 1. The third kappa shape index (κ3) is 5.15. The van der Waals surface area contributed by atoms with Crippen molar-refractivity contribution in [2.45, 2.75) is 17.4 Å². The number of hydrogen-bond acceptors (Lipinski definition) is 5. The van der Waals surface area contributed by atoms with Crippen molar-refractivity contribution in [2.24, 2.45) is 5.92 Å². The highest BCUT2D eigenvalue weighted by atomic mass is 35.5. The summed E-state index contributed by atoms with van der Waals surface area (Å²) in [5, 5.41) is 13.0. The van der Waals surface area contributed by atoms with E-state index in [2.05, 4.69) is 10.0 Å². The molecule has 3 N–H and O–H groups in total. The van der Waals surface area contributed by atoms with Crippen molar-refractivity contribution in [2.75, 3.05) is 33.2 Å². The Morgan fingerprint density at radius 3 is 2.67 bits per heavy atom. The topological polar surface area (TPSA) is 98.7 Å². The summed E-state index contributed by atoms with van der Waals surface area (Å²) in [7, 11) is -1.74. The standard InChI is InChI=1S/C15H22ClN3O4S/c1-19-9-6-14(20)13(10-19)15(21)17-7-8-18-24(22,23)12-4-2-11(16)3-5-12/h2-5,13-14,18,20H,6-10H2,1H3,(H,17,21)/t13-,14-/m1/s1. The second-order valence-corrected chi connectivity index (χ2v) is 8.07. The largest absolute Gasteiger partial charge is 0.392 e. The lowest BCUT2D eigenvalue weighted by atomic mass is 9.94. The molecule has 24 heavy (non-hydrogen) atoms. The molecule has 7 nitrogen and oxygen atoms in total. The molecule has 1 aromatic carbocycles. The lowest BCUT2D eigenvalue weighted by Gasteiger charge is -2.32. The van der Waals surface area contributed by atoms with Gasteiger partial charge in [-0.15, -0.1) is 0 Å². The Bertz CT molecular complexity index is 666. The van der Waals surface area contributed by atoms with Gasteiger partial charge in [0.2, 0.25) is 15.9 Å². The monoisotopic (exact) mass is 375 g/mol. The first-order chi connectivity index (χ1) is 11.3. The summed E-state index contributed by atoms with van der Waals surface area (Å²) >= 11 is 5.73. The quantitative estimate of drug-likeness (QED) is 0.610. The van der Waals surface area contributed by atoms with Gasteiger partial charge >= 0.3 is 0 Å². The van der Waals surface area contributed by atoms with Crippen molar-refractivity contribution in [1.29, 1.82) is 0 Å². The maximum Gasteiger partial charge on any atom is 0.240 e. The second kappa shape index (κ2) is 8.26. The number of carbonyl (C=O) groups is 1. The SMILES string of the molecule is CN1CC[C@@H](O)[C@H](C(=O)NCCNS(=O)(=O)c2ccc(Cl)cc2)C1. The van der Waals surface area contributed by atoms with Gasteiger partial charge in [-0.05, 0) is 37.7 Å². The molecule has 1 amide bonds. The minimum atomic E-state index is -3.64. The first-order valence-electron chi connectivity index (χ1n) is 7.69. The van der Waals surface area contributed by atoms with Crippen LogP contribution < -0.4 is 10.0 Å². The minimum absolute atomic E-state index is 0.0648. The highest BCUT2D eigenvalue weighted by Gasteiger charge is 2.31. The summed E-state index contributed by atoms with van der Waals surface area (Å²) in [5.41, 5.74) is 0. The number of aliphatic hydroxyl groups excluding tert-OH is 1. The van der Waals surface area contributed by atoms with E-state index in [0.717, 1.165) is 6.54 Å². The average Bonchev–Trinajstić information content (AvgIpc) is 2.54. The fourth-order valence-electron chi connectivity index (χ4n) is 2.56. The van der Waals surface area contributed by atoms with Crippen molar-refractivity contribution in [3.63, 3.8) is 0 Å². The van der Waals surface area contributed by atoms with Crippen molar-refractivity contribution in [1.82, 2.24) is 14.9 Å². The highest BCUT2D eigenvalue weighted by molar-refractivity contribution is 7.89. The first-order valence-corrected chi connectivity index (χ1v) is 9.55. The van der Waals surface area contributed by atoms with Crippen LogP contribution in [-0.4, -0.2) is 63.7 Å². The summed E-state index contributed by atoms with van der Waals surface area (Å²) in [6.07, 6.45) is -0.107. The van der Waals surface area contributed by atoms with E-state index in [1.807, 2.05) is 11.9 Å². The molecule has 0 saturated carbocycles. The number of halogens is 1. The Balaban J connectivity index is 1.79. The van der Waals surface area contributed by atoms with Gasteiger partial charge in [-0.1, -0.05) is 11.6 Å². The summed E-state index contributed by atoms with van der Waals surface area (Å²) in [4.78, 5) is 14.2. The van der Waals surface area contributed by atoms with E-state index >= 15 is 0 Å². The Morgan fingerprint density at radius 1 is 1.33 bits per heavy atom. The number of nitrogens with one attached hydrogen (secondary N) is 2. The first kappa shape index (κ1) is 19.1. The van der Waals surface area contributed by atoms with Crippen LogP contribution in [0.15, 0.2) is 29.2 Å². The smallest absolute Gasteiger partial charge is 0.240 e. The molecule has 2 atom stereocenters. The molecule has 9 heteroatoms. The second-order valence-electron chi connectivity index (χ2n) is 5.87. The highest BCUT2D eigenvalue weighted by Crippen LogP contribution is 2.16. The number of benzene rings is 1. The van der Waals surface area contributed by atoms with Crippen LogP contribution in [0.3, 0.4) is 0 Å². The number of hydrogen-bond donors (Lipinski definition) is 3. The Labute approximate surface area is 147 Å². The van der Waals surface area contributed by atoms with E-state index in [-0.39, 0.29) is 23.9 Å². The fraction of sp³-hybridized carbons (Fsp3) is 0.533. The van der Waals surface area contributed by atoms with Crippen molar-refractivity contribution >= 4 is 27.5 Å². The molecule has 1 aromatic rings. The number of rotatable bonds is 6. The molecule has 134 valence electrons. The van der Waals surface area contributed by atoms with E-state index in [4.69, 9.17) is 11.6 Å². The van der Waals surface area contributed by atoms with E-state index in [9.17, 15) is 18.3 Å². The number of likely N-dealkylation sites (tertiary alicyclic amines) is 1. The third-order valence-electron chi connectivity index (χ3n) is 3.96. The van der Waals surface area contributed by atoms with Gasteiger partial charge in [0.1, 0.15) is 0 Å². The van der Waals surface area contributed by atoms with Gasteiger partial charge in [0.05, 0.1) is 16.9 Å². The van der Waals surface area contributed by atoms with Gasteiger partial charge in [-0.3, -0.25) is 4.79 Å². The van der Waals surface area contributed by atoms with Crippen molar-refractivity contribution in [3.05, 3.63) is 29.3 Å². The lowest BCUT2D eigenvalue weighted by molar-refractivity contribution is -0.131. The van der Waals surface area contributed by atoms with Crippen molar-refractivity contribution < 1.29 is 18.3 Å². The van der Waals surface area contributed by atoms with E-state index in [1.165, 1.54) is 24.3 Å². The predicted molar refractivity (Wildman–Crippen MR) is 91.3 cm³/mol. The Hall–Kier alpha value is -1.19. The van der Waals surface area contributed by atoms with Gasteiger partial charge in [-0.25, -0.2) is 13.1 Å². The zero-order valence-electron chi connectivity index (χ0n) is 13.4. The summed E-state index contributed by atoms with van der Waals surface area (Å²) < 4.78 is 26.6. The molecule has 1 fully saturated rings. The number of piperidine rings is 1. The molecule has 1 saturated heterocycles. The summed E-state index contributed by atoms with van der Waals surface area (Å²) in [6, 6.07) is 5.83. The average molecular weight is 376 g/mol. The summed E-state index contributed by atoms with van der Waals surface area (Å²) in [6.45, 7) is 1.46. The normalized spacial score (nSPS) is 22.3. The molecule has 1 aliphatic rings. The van der Waals surface area contributed by atoms with Crippen LogP contribution in [-0.2, 0) is 14.8 Å². The van der Waals surface area contributed by atoms with Crippen molar-refractivity contribution in [3.8, 4) is 0 Å². The maximum atomic E-state index is 12.1. The van der Waals surface area contributed by atoms with Crippen LogP contribution in [0.5, 0.6) is 0 Å². The Morgan fingerprint density at radius 2 is 2.00 bits per heavy atom. The van der Waals surface area contributed by atoms with Crippen LogP contribution >= 0.6 is 11.6 Å². The molecular weight excluding hydrogens is 354 g/mol.